The SMILES string of the molecule is CN1CCC(NC(=O)NC[C@@H]2CCN(c3ccccc3)C2)CC1. The Hall–Kier alpha value is -1.75. The quantitative estimate of drug-likeness (QED) is 0.892. The van der Waals surface area contributed by atoms with E-state index in [4.69, 9.17) is 0 Å². The molecule has 2 amide bonds. The first-order valence-electron chi connectivity index (χ1n) is 8.73. The maximum absolute atomic E-state index is 12.1. The minimum absolute atomic E-state index is 0.00212. The van der Waals surface area contributed by atoms with Crippen LogP contribution in [-0.2, 0) is 0 Å². The lowest BCUT2D eigenvalue weighted by atomic mass is 10.1. The van der Waals surface area contributed by atoms with Crippen LogP contribution >= 0.6 is 0 Å². The van der Waals surface area contributed by atoms with E-state index >= 15 is 0 Å². The van der Waals surface area contributed by atoms with Crippen molar-refractivity contribution < 1.29 is 4.79 Å². The number of carbonyl (C=O) groups excluding carboxylic acids is 1. The highest BCUT2D eigenvalue weighted by atomic mass is 16.2. The van der Waals surface area contributed by atoms with Gasteiger partial charge in [0.1, 0.15) is 0 Å². The van der Waals surface area contributed by atoms with E-state index in [9.17, 15) is 4.79 Å². The Bertz CT molecular complexity index is 499. The standard InChI is InChI=1S/C18H28N4O/c1-21-10-8-16(9-11-21)20-18(23)19-13-15-7-12-22(14-15)17-5-3-2-4-6-17/h2-6,15-16H,7-14H2,1H3,(H2,19,20,23)/t15-/m0/s1. The van der Waals surface area contributed by atoms with Crippen LogP contribution in [-0.4, -0.2) is 56.7 Å². The number of piperidine rings is 1. The highest BCUT2D eigenvalue weighted by Gasteiger charge is 2.23. The second kappa shape index (κ2) is 7.68. The minimum atomic E-state index is -0.00212. The zero-order chi connectivity index (χ0) is 16.1. The summed E-state index contributed by atoms with van der Waals surface area (Å²) < 4.78 is 0. The van der Waals surface area contributed by atoms with Crippen molar-refractivity contribution in [2.75, 3.05) is 44.7 Å². The average Bonchev–Trinajstić information content (AvgIpc) is 3.05. The number of likely N-dealkylation sites (tertiary alicyclic amines) is 1. The van der Waals surface area contributed by atoms with Crippen LogP contribution in [0.15, 0.2) is 30.3 Å². The summed E-state index contributed by atoms with van der Waals surface area (Å²) >= 11 is 0. The third kappa shape index (κ3) is 4.61. The van der Waals surface area contributed by atoms with E-state index in [-0.39, 0.29) is 6.03 Å². The minimum Gasteiger partial charge on any atom is -0.371 e. The number of hydrogen-bond acceptors (Lipinski definition) is 3. The van der Waals surface area contributed by atoms with Gasteiger partial charge in [-0.1, -0.05) is 18.2 Å². The molecule has 3 rings (SSSR count). The van der Waals surface area contributed by atoms with Gasteiger partial charge in [0.2, 0.25) is 0 Å². The molecule has 2 N–H and O–H groups in total. The van der Waals surface area contributed by atoms with E-state index in [2.05, 4.69) is 51.7 Å². The van der Waals surface area contributed by atoms with E-state index in [1.54, 1.807) is 0 Å². The molecule has 0 aliphatic carbocycles. The van der Waals surface area contributed by atoms with Crippen LogP contribution in [0.2, 0.25) is 0 Å². The number of nitrogens with one attached hydrogen (secondary N) is 2. The number of carbonyl (C=O) groups is 1. The summed E-state index contributed by atoms with van der Waals surface area (Å²) in [6.07, 6.45) is 3.24. The third-order valence-electron chi connectivity index (χ3n) is 5.01. The summed E-state index contributed by atoms with van der Waals surface area (Å²) in [7, 11) is 2.13. The number of amides is 2. The topological polar surface area (TPSA) is 47.6 Å². The van der Waals surface area contributed by atoms with Crippen LogP contribution in [0, 0.1) is 5.92 Å². The molecule has 23 heavy (non-hydrogen) atoms. The molecule has 5 heteroatoms. The molecule has 2 heterocycles. The molecule has 0 radical (unpaired) electrons. The highest BCUT2D eigenvalue weighted by molar-refractivity contribution is 5.74. The van der Waals surface area contributed by atoms with Crippen molar-refractivity contribution in [1.29, 1.82) is 0 Å². The van der Waals surface area contributed by atoms with Gasteiger partial charge in [-0.2, -0.15) is 0 Å². The van der Waals surface area contributed by atoms with Crippen LogP contribution in [0.5, 0.6) is 0 Å². The summed E-state index contributed by atoms with van der Waals surface area (Å²) in [5, 5.41) is 6.18. The maximum atomic E-state index is 12.1. The van der Waals surface area contributed by atoms with Gasteiger partial charge in [-0.3, -0.25) is 0 Å². The van der Waals surface area contributed by atoms with Crippen LogP contribution in [0.4, 0.5) is 10.5 Å². The molecule has 0 aromatic heterocycles. The fraction of sp³-hybridized carbons (Fsp3) is 0.611. The van der Waals surface area contributed by atoms with Gasteiger partial charge in [0.25, 0.3) is 0 Å². The van der Waals surface area contributed by atoms with Gasteiger partial charge in [-0.05, 0) is 57.5 Å². The summed E-state index contributed by atoms with van der Waals surface area (Å²) in [5.41, 5.74) is 1.28. The van der Waals surface area contributed by atoms with Crippen molar-refractivity contribution in [2.45, 2.75) is 25.3 Å². The number of benzene rings is 1. The molecule has 0 spiro atoms. The smallest absolute Gasteiger partial charge is 0.315 e. The molecule has 2 fully saturated rings. The van der Waals surface area contributed by atoms with Gasteiger partial charge in [0.15, 0.2) is 0 Å². The maximum Gasteiger partial charge on any atom is 0.315 e. The fourth-order valence-electron chi connectivity index (χ4n) is 3.50. The first kappa shape index (κ1) is 16.1. The van der Waals surface area contributed by atoms with Gasteiger partial charge >= 0.3 is 6.03 Å². The Kier molecular flexibility index (Phi) is 5.39. The van der Waals surface area contributed by atoms with Crippen LogP contribution in [0.3, 0.4) is 0 Å². The Morgan fingerprint density at radius 1 is 1.13 bits per heavy atom. The van der Waals surface area contributed by atoms with Crippen molar-refractivity contribution in [3.8, 4) is 0 Å². The number of rotatable bonds is 4. The van der Waals surface area contributed by atoms with E-state index in [0.717, 1.165) is 52.0 Å². The first-order valence-corrected chi connectivity index (χ1v) is 8.73. The van der Waals surface area contributed by atoms with Gasteiger partial charge in [0.05, 0.1) is 0 Å². The first-order chi connectivity index (χ1) is 11.2. The molecule has 0 saturated carbocycles. The predicted octanol–water partition coefficient (Wildman–Crippen LogP) is 1.91. The monoisotopic (exact) mass is 316 g/mol. The van der Waals surface area contributed by atoms with E-state index in [1.807, 2.05) is 6.07 Å². The largest absolute Gasteiger partial charge is 0.371 e. The lowest BCUT2D eigenvalue weighted by Gasteiger charge is -2.29. The van der Waals surface area contributed by atoms with Gasteiger partial charge in [-0.25, -0.2) is 4.79 Å². The molecule has 1 aromatic rings. The zero-order valence-electron chi connectivity index (χ0n) is 14.0. The number of hydrogen-bond donors (Lipinski definition) is 2. The third-order valence-corrected chi connectivity index (χ3v) is 5.01. The molecule has 5 nitrogen and oxygen atoms in total. The Morgan fingerprint density at radius 3 is 2.61 bits per heavy atom. The van der Waals surface area contributed by atoms with Gasteiger partial charge in [0, 0.05) is 31.4 Å². The van der Waals surface area contributed by atoms with Crippen LogP contribution in [0.1, 0.15) is 19.3 Å². The molecule has 2 aliphatic rings. The molecule has 0 bridgehead atoms. The Balaban J connectivity index is 1.37. The molecule has 2 saturated heterocycles. The predicted molar refractivity (Wildman–Crippen MR) is 93.8 cm³/mol. The van der Waals surface area contributed by atoms with Crippen molar-refractivity contribution in [3.05, 3.63) is 30.3 Å². The van der Waals surface area contributed by atoms with Crippen LogP contribution in [0.25, 0.3) is 0 Å². The molecular formula is C18H28N4O. The number of anilines is 1. The van der Waals surface area contributed by atoms with Crippen molar-refractivity contribution in [1.82, 2.24) is 15.5 Å². The fourth-order valence-corrected chi connectivity index (χ4v) is 3.50. The number of urea groups is 1. The molecule has 0 unspecified atom stereocenters. The molecule has 126 valence electrons. The summed E-state index contributed by atoms with van der Waals surface area (Å²) in [6.45, 7) is 5.01. The Morgan fingerprint density at radius 2 is 1.87 bits per heavy atom. The highest BCUT2D eigenvalue weighted by Crippen LogP contribution is 2.22. The van der Waals surface area contributed by atoms with Crippen molar-refractivity contribution >= 4 is 11.7 Å². The summed E-state index contributed by atoms with van der Waals surface area (Å²) in [6, 6.07) is 10.8. The van der Waals surface area contributed by atoms with Gasteiger partial charge in [-0.15, -0.1) is 0 Å². The molecule has 2 aliphatic heterocycles. The summed E-state index contributed by atoms with van der Waals surface area (Å²) in [4.78, 5) is 16.8. The number of nitrogens with zero attached hydrogens (tertiary/aromatic N) is 2. The molecule has 1 aromatic carbocycles. The summed E-state index contributed by atoms with van der Waals surface area (Å²) in [5.74, 6) is 0.540. The average molecular weight is 316 g/mol. The van der Waals surface area contributed by atoms with Crippen molar-refractivity contribution in [2.24, 2.45) is 5.92 Å². The second-order valence-electron chi connectivity index (χ2n) is 6.87. The number of para-hydroxylation sites is 1. The molecular weight excluding hydrogens is 288 g/mol. The van der Waals surface area contributed by atoms with E-state index in [1.165, 1.54) is 5.69 Å². The lowest BCUT2D eigenvalue weighted by molar-refractivity contribution is 0.213. The van der Waals surface area contributed by atoms with E-state index in [0.29, 0.717) is 12.0 Å². The lowest BCUT2D eigenvalue weighted by Crippen LogP contribution is -2.48. The normalized spacial score (nSPS) is 23.0. The zero-order valence-corrected chi connectivity index (χ0v) is 14.0. The van der Waals surface area contributed by atoms with Gasteiger partial charge < -0.3 is 20.4 Å². The van der Waals surface area contributed by atoms with Crippen LogP contribution < -0.4 is 15.5 Å². The molecule has 1 atom stereocenters. The second-order valence-corrected chi connectivity index (χ2v) is 6.87. The van der Waals surface area contributed by atoms with E-state index < -0.39 is 0 Å². The Labute approximate surface area is 139 Å². The van der Waals surface area contributed by atoms with Crippen molar-refractivity contribution in [3.63, 3.8) is 0 Å².